The van der Waals surface area contributed by atoms with Crippen LogP contribution in [0.25, 0.3) is 0 Å². The Hall–Kier alpha value is -0.0800. The van der Waals surface area contributed by atoms with Crippen LogP contribution in [-0.4, -0.2) is 24.9 Å². The fraction of sp³-hybridized carbons (Fsp3) is 1.00. The highest BCUT2D eigenvalue weighted by Gasteiger charge is 2.86. The second-order valence-electron chi connectivity index (χ2n) is 5.99. The van der Waals surface area contributed by atoms with E-state index in [1.807, 2.05) is 0 Å². The van der Waals surface area contributed by atoms with E-state index in [9.17, 15) is 0 Å². The summed E-state index contributed by atoms with van der Waals surface area (Å²) in [4.78, 5) is 0. The van der Waals surface area contributed by atoms with Gasteiger partial charge in [-0.3, -0.25) is 0 Å². The van der Waals surface area contributed by atoms with Crippen LogP contribution in [0.3, 0.4) is 0 Å². The summed E-state index contributed by atoms with van der Waals surface area (Å²) in [6, 6.07) is 0. The van der Waals surface area contributed by atoms with Gasteiger partial charge in [0.1, 0.15) is 0 Å². The van der Waals surface area contributed by atoms with E-state index >= 15 is 0 Å². The Morgan fingerprint density at radius 3 is 2.46 bits per heavy atom. The molecule has 3 saturated carbocycles. The number of fused-ring (bicyclic) bond motifs is 1. The lowest BCUT2D eigenvalue weighted by atomic mass is 9.56. The summed E-state index contributed by atoms with van der Waals surface area (Å²) in [5.74, 6) is 6.63. The van der Waals surface area contributed by atoms with E-state index in [1.54, 1.807) is 0 Å². The zero-order chi connectivity index (χ0) is 7.89. The molecule has 4 bridgehead atoms. The van der Waals surface area contributed by atoms with Gasteiger partial charge in [-0.05, 0) is 35.5 Å². The van der Waals surface area contributed by atoms with Crippen molar-refractivity contribution in [3.8, 4) is 0 Å². The van der Waals surface area contributed by atoms with Gasteiger partial charge >= 0.3 is 0 Å². The predicted octanol–water partition coefficient (Wildman–Crippen LogP) is 0.520. The summed E-state index contributed by atoms with van der Waals surface area (Å²) in [6.07, 6.45) is 1.98. The summed E-state index contributed by atoms with van der Waals surface area (Å²) in [5, 5.41) is 0. The molecular formula is C11H12O2. The summed E-state index contributed by atoms with van der Waals surface area (Å²) >= 11 is 0. The van der Waals surface area contributed by atoms with E-state index in [2.05, 4.69) is 0 Å². The van der Waals surface area contributed by atoms with Crippen molar-refractivity contribution in [2.24, 2.45) is 41.4 Å². The maximum absolute atomic E-state index is 6.17. The maximum atomic E-state index is 6.17. The standard InChI is InChI=1S/C11H12O2/c1-2-3-5-7-6(3)10-4(2)8(9(5)12-1)11(7)13-10/h2-11H,1H2. The van der Waals surface area contributed by atoms with Gasteiger partial charge in [0.05, 0.1) is 24.9 Å². The van der Waals surface area contributed by atoms with Gasteiger partial charge in [0, 0.05) is 5.92 Å². The van der Waals surface area contributed by atoms with Gasteiger partial charge in [0.15, 0.2) is 0 Å². The van der Waals surface area contributed by atoms with Gasteiger partial charge < -0.3 is 9.47 Å². The van der Waals surface area contributed by atoms with Gasteiger partial charge in [-0.25, -0.2) is 0 Å². The van der Waals surface area contributed by atoms with E-state index in [-0.39, 0.29) is 0 Å². The minimum atomic E-state index is 0.638. The van der Waals surface area contributed by atoms with Gasteiger partial charge in [0.25, 0.3) is 0 Å². The van der Waals surface area contributed by atoms with Gasteiger partial charge in [-0.2, -0.15) is 0 Å². The first-order valence-electron chi connectivity index (χ1n) is 5.74. The van der Waals surface area contributed by atoms with E-state index < -0.39 is 0 Å². The molecule has 7 aliphatic rings. The summed E-state index contributed by atoms with van der Waals surface area (Å²) in [7, 11) is 0. The average Bonchev–Trinajstić information content (AvgIpc) is 2.65. The normalized spacial score (nSPS) is 88.6. The molecule has 68 valence electrons. The molecule has 3 aliphatic carbocycles. The summed E-state index contributed by atoms with van der Waals surface area (Å²) in [5.41, 5.74) is 0. The van der Waals surface area contributed by atoms with Crippen molar-refractivity contribution in [3.63, 3.8) is 0 Å². The number of hydrogen-bond acceptors (Lipinski definition) is 2. The van der Waals surface area contributed by atoms with E-state index in [4.69, 9.17) is 9.47 Å². The van der Waals surface area contributed by atoms with Crippen molar-refractivity contribution in [1.29, 1.82) is 0 Å². The van der Waals surface area contributed by atoms with Gasteiger partial charge in [-0.1, -0.05) is 0 Å². The number of hydrogen-bond donors (Lipinski definition) is 0. The number of rotatable bonds is 0. The lowest BCUT2D eigenvalue weighted by Crippen LogP contribution is -2.55. The molecule has 10 atom stereocenters. The molecule has 10 unspecified atom stereocenters. The Morgan fingerprint density at radius 2 is 1.46 bits per heavy atom. The molecule has 4 heterocycles. The minimum absolute atomic E-state index is 0.638. The number of ether oxygens (including phenoxy) is 2. The van der Waals surface area contributed by atoms with Crippen LogP contribution in [0.15, 0.2) is 0 Å². The first kappa shape index (κ1) is 5.72. The first-order chi connectivity index (χ1) is 6.47. The molecule has 4 aliphatic heterocycles. The van der Waals surface area contributed by atoms with Crippen LogP contribution >= 0.6 is 0 Å². The topological polar surface area (TPSA) is 18.5 Å². The highest BCUT2D eigenvalue weighted by atomic mass is 16.5. The zero-order valence-corrected chi connectivity index (χ0v) is 7.30. The van der Waals surface area contributed by atoms with Gasteiger partial charge in [-0.15, -0.1) is 0 Å². The van der Waals surface area contributed by atoms with Crippen LogP contribution in [-0.2, 0) is 9.47 Å². The highest BCUT2D eigenvalue weighted by molar-refractivity contribution is 5.32. The molecule has 0 amide bonds. The van der Waals surface area contributed by atoms with Crippen LogP contribution in [0.1, 0.15) is 0 Å². The van der Waals surface area contributed by atoms with Crippen molar-refractivity contribution in [2.75, 3.05) is 6.61 Å². The molecule has 0 spiro atoms. The van der Waals surface area contributed by atoms with E-state index in [0.29, 0.717) is 18.3 Å². The van der Waals surface area contributed by atoms with Crippen LogP contribution in [0, 0.1) is 41.4 Å². The Morgan fingerprint density at radius 1 is 0.692 bits per heavy atom. The quantitative estimate of drug-likeness (QED) is 0.535. The SMILES string of the molecule is C1OC2C3C4OC5C3C1C1C5C4C21. The average molecular weight is 176 g/mol. The zero-order valence-electron chi connectivity index (χ0n) is 7.30. The molecular weight excluding hydrogens is 164 g/mol. The minimum Gasteiger partial charge on any atom is -0.377 e. The molecule has 2 nitrogen and oxygen atoms in total. The molecule has 0 aromatic rings. The Balaban J connectivity index is 1.78. The molecule has 0 aromatic carbocycles. The molecule has 13 heavy (non-hydrogen) atoms. The van der Waals surface area contributed by atoms with E-state index in [1.165, 1.54) is 0 Å². The molecule has 2 heteroatoms. The Bertz CT molecular complexity index is 301. The summed E-state index contributed by atoms with van der Waals surface area (Å²) < 4.78 is 12.1. The van der Waals surface area contributed by atoms with Crippen molar-refractivity contribution >= 4 is 0 Å². The van der Waals surface area contributed by atoms with Gasteiger partial charge in [0.2, 0.25) is 0 Å². The third kappa shape index (κ3) is 0.316. The Kier molecular flexibility index (Phi) is 0.577. The summed E-state index contributed by atoms with van der Waals surface area (Å²) in [6.45, 7) is 1.07. The lowest BCUT2D eigenvalue weighted by Gasteiger charge is -2.53. The van der Waals surface area contributed by atoms with Crippen LogP contribution in [0.2, 0.25) is 0 Å². The van der Waals surface area contributed by atoms with Crippen molar-refractivity contribution < 1.29 is 9.47 Å². The fourth-order valence-corrected chi connectivity index (χ4v) is 6.38. The third-order valence-corrected chi connectivity index (χ3v) is 6.28. The second-order valence-corrected chi connectivity index (χ2v) is 5.99. The van der Waals surface area contributed by atoms with Crippen molar-refractivity contribution in [3.05, 3.63) is 0 Å². The third-order valence-electron chi connectivity index (χ3n) is 6.28. The predicted molar refractivity (Wildman–Crippen MR) is 42.8 cm³/mol. The van der Waals surface area contributed by atoms with Crippen molar-refractivity contribution in [1.82, 2.24) is 0 Å². The highest BCUT2D eigenvalue weighted by Crippen LogP contribution is 2.81. The van der Waals surface area contributed by atoms with Crippen LogP contribution in [0.5, 0.6) is 0 Å². The molecule has 0 N–H and O–H groups in total. The van der Waals surface area contributed by atoms with E-state index in [0.717, 1.165) is 48.0 Å². The van der Waals surface area contributed by atoms with Crippen molar-refractivity contribution in [2.45, 2.75) is 18.3 Å². The Labute approximate surface area is 76.6 Å². The maximum Gasteiger partial charge on any atom is 0.0671 e. The smallest absolute Gasteiger partial charge is 0.0671 e. The molecule has 4 saturated heterocycles. The largest absolute Gasteiger partial charge is 0.377 e. The molecule has 0 radical (unpaired) electrons. The first-order valence-corrected chi connectivity index (χ1v) is 5.74. The lowest BCUT2D eigenvalue weighted by molar-refractivity contribution is -0.184. The van der Waals surface area contributed by atoms with Crippen LogP contribution in [0.4, 0.5) is 0 Å². The molecule has 7 rings (SSSR count). The van der Waals surface area contributed by atoms with Crippen LogP contribution < -0.4 is 0 Å². The second kappa shape index (κ2) is 1.31. The monoisotopic (exact) mass is 176 g/mol. The molecule has 7 fully saturated rings. The molecule has 0 aromatic heterocycles. The fourth-order valence-electron chi connectivity index (χ4n) is 6.38.